The maximum atomic E-state index is 10.5. The van der Waals surface area contributed by atoms with Gasteiger partial charge in [-0.1, -0.05) is 6.07 Å². The van der Waals surface area contributed by atoms with Gasteiger partial charge in [0.25, 0.3) is 0 Å². The Morgan fingerprint density at radius 1 is 1.25 bits per heavy atom. The molecular weight excluding hydrogens is 304 g/mol. The smallest absolute Gasteiger partial charge is 0.122 e. The van der Waals surface area contributed by atoms with Gasteiger partial charge in [0.1, 0.15) is 5.82 Å². The van der Waals surface area contributed by atoms with Gasteiger partial charge in [0, 0.05) is 32.2 Å². The van der Waals surface area contributed by atoms with Crippen molar-refractivity contribution in [2.45, 2.75) is 32.0 Å². The minimum atomic E-state index is -0.461. The van der Waals surface area contributed by atoms with Crippen molar-refractivity contribution < 1.29 is 9.84 Å². The number of piperidine rings is 1. The molecule has 1 aliphatic heterocycles. The van der Waals surface area contributed by atoms with Gasteiger partial charge in [-0.15, -0.1) is 0 Å². The standard InChI is InChI=1S/C18H26N4O2/c1-24-13-12-22-11-8-20-17(22)14-21-9-5-15(6-10-21)18(23)16-4-2-3-7-19-16/h2-4,7-8,11,15,18,23H,5-6,9-10,12-14H2,1H3/t18-/m1/s1. The van der Waals surface area contributed by atoms with Crippen LogP contribution >= 0.6 is 0 Å². The van der Waals surface area contributed by atoms with E-state index in [2.05, 4.69) is 19.4 Å². The van der Waals surface area contributed by atoms with E-state index in [0.717, 1.165) is 50.5 Å². The van der Waals surface area contributed by atoms with E-state index in [0.29, 0.717) is 6.61 Å². The average Bonchev–Trinajstić information content (AvgIpc) is 3.07. The maximum absolute atomic E-state index is 10.5. The Morgan fingerprint density at radius 2 is 2.08 bits per heavy atom. The second-order valence-corrected chi connectivity index (χ2v) is 6.34. The Morgan fingerprint density at radius 3 is 2.79 bits per heavy atom. The molecule has 0 unspecified atom stereocenters. The average molecular weight is 330 g/mol. The largest absolute Gasteiger partial charge is 0.387 e. The topological polar surface area (TPSA) is 63.4 Å². The second-order valence-electron chi connectivity index (χ2n) is 6.34. The van der Waals surface area contributed by atoms with E-state index >= 15 is 0 Å². The number of rotatable bonds is 7. The molecule has 0 aliphatic carbocycles. The van der Waals surface area contributed by atoms with Crippen LogP contribution < -0.4 is 0 Å². The predicted octanol–water partition coefficient (Wildman–Crippen LogP) is 1.87. The molecule has 0 saturated carbocycles. The lowest BCUT2D eigenvalue weighted by atomic mass is 9.89. The summed E-state index contributed by atoms with van der Waals surface area (Å²) in [7, 11) is 1.72. The van der Waals surface area contributed by atoms with Gasteiger partial charge in [-0.25, -0.2) is 4.98 Å². The van der Waals surface area contributed by atoms with E-state index in [4.69, 9.17) is 4.74 Å². The van der Waals surface area contributed by atoms with Gasteiger partial charge in [-0.3, -0.25) is 9.88 Å². The van der Waals surface area contributed by atoms with Crippen LogP contribution in [-0.2, 0) is 17.8 Å². The van der Waals surface area contributed by atoms with Crippen molar-refractivity contribution >= 4 is 0 Å². The molecule has 2 aromatic rings. The summed E-state index contributed by atoms with van der Waals surface area (Å²) in [4.78, 5) is 11.2. The summed E-state index contributed by atoms with van der Waals surface area (Å²) in [6, 6.07) is 5.72. The fourth-order valence-corrected chi connectivity index (χ4v) is 3.30. The highest BCUT2D eigenvalue weighted by Gasteiger charge is 2.27. The van der Waals surface area contributed by atoms with Crippen molar-refractivity contribution in [1.82, 2.24) is 19.4 Å². The zero-order valence-electron chi connectivity index (χ0n) is 14.2. The summed E-state index contributed by atoms with van der Waals surface area (Å²) in [5, 5.41) is 10.5. The third kappa shape index (κ3) is 4.20. The lowest BCUT2D eigenvalue weighted by Crippen LogP contribution is -2.36. The normalized spacial score (nSPS) is 17.9. The molecule has 3 rings (SSSR count). The van der Waals surface area contributed by atoms with Crippen LogP contribution in [0.1, 0.15) is 30.5 Å². The number of nitrogens with zero attached hydrogens (tertiary/aromatic N) is 4. The maximum Gasteiger partial charge on any atom is 0.122 e. The quantitative estimate of drug-likeness (QED) is 0.840. The Hall–Kier alpha value is -1.76. The third-order valence-electron chi connectivity index (χ3n) is 4.77. The highest BCUT2D eigenvalue weighted by molar-refractivity contribution is 5.08. The molecule has 3 heterocycles. The van der Waals surface area contributed by atoms with E-state index in [-0.39, 0.29) is 5.92 Å². The fraction of sp³-hybridized carbons (Fsp3) is 0.556. The van der Waals surface area contributed by atoms with E-state index < -0.39 is 6.10 Å². The van der Waals surface area contributed by atoms with Crippen molar-refractivity contribution in [3.8, 4) is 0 Å². The molecule has 2 aromatic heterocycles. The first kappa shape index (κ1) is 17.1. The molecule has 1 atom stereocenters. The molecule has 0 aromatic carbocycles. The highest BCUT2D eigenvalue weighted by atomic mass is 16.5. The number of likely N-dealkylation sites (tertiary alicyclic amines) is 1. The highest BCUT2D eigenvalue weighted by Crippen LogP contribution is 2.30. The van der Waals surface area contributed by atoms with Gasteiger partial charge in [0.05, 0.1) is 24.9 Å². The number of aliphatic hydroxyl groups is 1. The molecule has 130 valence electrons. The van der Waals surface area contributed by atoms with Crippen LogP contribution in [0.2, 0.25) is 0 Å². The van der Waals surface area contributed by atoms with E-state index in [1.165, 1.54) is 0 Å². The fourth-order valence-electron chi connectivity index (χ4n) is 3.30. The van der Waals surface area contributed by atoms with Crippen LogP contribution in [0.25, 0.3) is 0 Å². The molecule has 0 spiro atoms. The van der Waals surface area contributed by atoms with E-state index in [9.17, 15) is 5.11 Å². The molecule has 1 aliphatic rings. The second kappa shape index (κ2) is 8.37. The first-order chi connectivity index (χ1) is 11.8. The zero-order valence-corrected chi connectivity index (χ0v) is 14.2. The minimum Gasteiger partial charge on any atom is -0.387 e. The Kier molecular flexibility index (Phi) is 5.96. The van der Waals surface area contributed by atoms with Crippen molar-refractivity contribution in [2.75, 3.05) is 26.8 Å². The van der Waals surface area contributed by atoms with E-state index in [1.807, 2.05) is 30.6 Å². The number of ether oxygens (including phenoxy) is 1. The summed E-state index contributed by atoms with van der Waals surface area (Å²) < 4.78 is 7.30. The first-order valence-corrected chi connectivity index (χ1v) is 8.58. The van der Waals surface area contributed by atoms with Crippen molar-refractivity contribution in [3.63, 3.8) is 0 Å². The summed E-state index contributed by atoms with van der Waals surface area (Å²) >= 11 is 0. The Balaban J connectivity index is 1.51. The Bertz CT molecular complexity index is 608. The van der Waals surface area contributed by atoms with Gasteiger partial charge < -0.3 is 14.4 Å². The lowest BCUT2D eigenvalue weighted by Gasteiger charge is -2.33. The summed E-state index contributed by atoms with van der Waals surface area (Å²) in [6.07, 6.45) is 7.10. The number of hydrogen-bond donors (Lipinski definition) is 1. The summed E-state index contributed by atoms with van der Waals surface area (Å²) in [5.74, 6) is 1.36. The van der Waals surface area contributed by atoms with Crippen molar-refractivity contribution in [3.05, 3.63) is 48.3 Å². The molecule has 6 heteroatoms. The van der Waals surface area contributed by atoms with Gasteiger partial charge in [0.2, 0.25) is 0 Å². The van der Waals surface area contributed by atoms with Gasteiger partial charge >= 0.3 is 0 Å². The molecule has 0 bridgehead atoms. The van der Waals surface area contributed by atoms with Gasteiger partial charge in [0.15, 0.2) is 0 Å². The van der Waals surface area contributed by atoms with Crippen LogP contribution in [0.15, 0.2) is 36.8 Å². The molecule has 1 fully saturated rings. The number of methoxy groups -OCH3 is 1. The molecule has 0 amide bonds. The SMILES string of the molecule is COCCn1ccnc1CN1CCC([C@@H](O)c2ccccn2)CC1. The van der Waals surface area contributed by atoms with Crippen LogP contribution in [0.3, 0.4) is 0 Å². The number of imidazole rings is 1. The van der Waals surface area contributed by atoms with Crippen LogP contribution in [0.5, 0.6) is 0 Å². The summed E-state index contributed by atoms with van der Waals surface area (Å²) in [6.45, 7) is 4.34. The number of pyridine rings is 1. The number of aliphatic hydroxyl groups excluding tert-OH is 1. The van der Waals surface area contributed by atoms with Gasteiger partial charge in [-0.05, 0) is 44.0 Å². The van der Waals surface area contributed by atoms with Crippen LogP contribution in [0.4, 0.5) is 0 Å². The lowest BCUT2D eigenvalue weighted by molar-refractivity contribution is 0.0529. The van der Waals surface area contributed by atoms with Crippen molar-refractivity contribution in [1.29, 1.82) is 0 Å². The van der Waals surface area contributed by atoms with Crippen molar-refractivity contribution in [2.24, 2.45) is 5.92 Å². The molecule has 1 N–H and O–H groups in total. The molecule has 0 radical (unpaired) electrons. The predicted molar refractivity (Wildman–Crippen MR) is 91.3 cm³/mol. The summed E-state index contributed by atoms with van der Waals surface area (Å²) in [5.41, 5.74) is 0.783. The molecule has 1 saturated heterocycles. The Labute approximate surface area is 143 Å². The first-order valence-electron chi connectivity index (χ1n) is 8.58. The molecule has 6 nitrogen and oxygen atoms in total. The van der Waals surface area contributed by atoms with Gasteiger partial charge in [-0.2, -0.15) is 0 Å². The monoisotopic (exact) mass is 330 g/mol. The van der Waals surface area contributed by atoms with E-state index in [1.54, 1.807) is 13.3 Å². The van der Waals surface area contributed by atoms with Crippen LogP contribution in [0, 0.1) is 5.92 Å². The molecule has 24 heavy (non-hydrogen) atoms. The minimum absolute atomic E-state index is 0.282. The number of hydrogen-bond acceptors (Lipinski definition) is 5. The third-order valence-corrected chi connectivity index (χ3v) is 4.77. The molecular formula is C18H26N4O2. The van der Waals surface area contributed by atoms with Crippen LogP contribution in [-0.4, -0.2) is 51.3 Å². The number of aromatic nitrogens is 3. The zero-order chi connectivity index (χ0) is 16.8.